The molecule has 0 bridgehead atoms. The molecule has 4 heteroatoms. The average Bonchev–Trinajstić information content (AvgIpc) is 2.80. The molecule has 0 amide bonds. The van der Waals surface area contributed by atoms with Crippen molar-refractivity contribution in [3.63, 3.8) is 0 Å². The van der Waals surface area contributed by atoms with Gasteiger partial charge in [-0.3, -0.25) is 4.90 Å². The molecule has 1 aliphatic heterocycles. The summed E-state index contributed by atoms with van der Waals surface area (Å²) in [5.74, 6) is 0.832. The number of hydrogen-bond acceptors (Lipinski definition) is 4. The van der Waals surface area contributed by atoms with Gasteiger partial charge in [-0.2, -0.15) is 0 Å². The quantitative estimate of drug-likeness (QED) is 0.203. The first kappa shape index (κ1) is 29.9. The van der Waals surface area contributed by atoms with E-state index in [1.54, 1.807) is 0 Å². The Labute approximate surface area is 203 Å². The summed E-state index contributed by atoms with van der Waals surface area (Å²) in [4.78, 5) is 10.6. The first-order valence-corrected chi connectivity index (χ1v) is 14.4. The van der Waals surface area contributed by atoms with Crippen LogP contribution < -0.4 is 0 Å². The molecule has 32 heavy (non-hydrogen) atoms. The molecule has 0 N–H and O–H groups in total. The van der Waals surface area contributed by atoms with Crippen molar-refractivity contribution >= 4 is 0 Å². The van der Waals surface area contributed by atoms with Crippen LogP contribution in [0.4, 0.5) is 0 Å². The van der Waals surface area contributed by atoms with Gasteiger partial charge in [0.15, 0.2) is 0 Å². The predicted molar refractivity (Wildman–Crippen MR) is 144 cm³/mol. The fourth-order valence-electron chi connectivity index (χ4n) is 5.03. The fourth-order valence-corrected chi connectivity index (χ4v) is 5.03. The molecule has 0 saturated carbocycles. The Morgan fingerprint density at radius 3 is 1.84 bits per heavy atom. The third kappa shape index (κ3) is 15.6. The molecule has 0 aromatic carbocycles. The van der Waals surface area contributed by atoms with Gasteiger partial charge in [-0.05, 0) is 38.9 Å². The Balaban J connectivity index is 2.21. The summed E-state index contributed by atoms with van der Waals surface area (Å²) in [6.45, 7) is 23.1. The number of rotatable bonds is 21. The zero-order chi connectivity index (χ0) is 23.4. The summed E-state index contributed by atoms with van der Waals surface area (Å²) in [5.41, 5.74) is 0. The first-order valence-electron chi connectivity index (χ1n) is 14.4. The third-order valence-electron chi connectivity index (χ3n) is 7.44. The van der Waals surface area contributed by atoms with Crippen LogP contribution in [0, 0.1) is 5.92 Å². The lowest BCUT2D eigenvalue weighted by Gasteiger charge is -2.35. The maximum Gasteiger partial charge on any atom is 0.0110 e. The second kappa shape index (κ2) is 20.2. The van der Waals surface area contributed by atoms with E-state index in [0.29, 0.717) is 0 Å². The normalized spacial score (nSPS) is 17.0. The van der Waals surface area contributed by atoms with Gasteiger partial charge in [-0.1, -0.05) is 85.5 Å². The van der Waals surface area contributed by atoms with Gasteiger partial charge in [-0.15, -0.1) is 0 Å². The highest BCUT2D eigenvalue weighted by atomic mass is 15.3. The fraction of sp³-hybridized carbons (Fsp3) is 1.00. The van der Waals surface area contributed by atoms with Gasteiger partial charge in [-0.25, -0.2) is 0 Å². The van der Waals surface area contributed by atoms with E-state index in [1.165, 1.54) is 143 Å². The van der Waals surface area contributed by atoms with Gasteiger partial charge in [0.1, 0.15) is 0 Å². The number of piperazine rings is 1. The molecule has 0 radical (unpaired) electrons. The van der Waals surface area contributed by atoms with Crippen molar-refractivity contribution < 1.29 is 0 Å². The lowest BCUT2D eigenvalue weighted by molar-refractivity contribution is 0.123. The van der Waals surface area contributed by atoms with Gasteiger partial charge in [0.2, 0.25) is 0 Å². The second-order valence-electron chi connectivity index (χ2n) is 10.6. The first-order chi connectivity index (χ1) is 15.6. The van der Waals surface area contributed by atoms with E-state index >= 15 is 0 Å². The number of unbranched alkanes of at least 4 members (excludes halogenated alkanes) is 8. The van der Waals surface area contributed by atoms with Crippen molar-refractivity contribution in [2.24, 2.45) is 5.92 Å². The SMILES string of the molecule is CCCCCCCCCCCN(CCN(C)CCN1CCN(CC)CC1)CC(C)CCC. The highest BCUT2D eigenvalue weighted by molar-refractivity contribution is 4.72. The standard InChI is InChI=1S/C28H60N4/c1-6-9-10-11-12-13-14-15-16-18-32(27-28(4)17-7-2)22-20-29(5)19-21-31-25-23-30(8-3)24-26-31/h28H,6-27H2,1-5H3. The molecule has 1 unspecified atom stereocenters. The van der Waals surface area contributed by atoms with Crippen molar-refractivity contribution in [3.8, 4) is 0 Å². The van der Waals surface area contributed by atoms with Crippen molar-refractivity contribution in [1.29, 1.82) is 0 Å². The summed E-state index contributed by atoms with van der Waals surface area (Å²) in [7, 11) is 2.33. The maximum absolute atomic E-state index is 2.78. The summed E-state index contributed by atoms with van der Waals surface area (Å²) >= 11 is 0. The van der Waals surface area contributed by atoms with E-state index in [9.17, 15) is 0 Å². The average molecular weight is 453 g/mol. The van der Waals surface area contributed by atoms with Crippen molar-refractivity contribution in [2.45, 2.75) is 98.3 Å². The van der Waals surface area contributed by atoms with Gasteiger partial charge >= 0.3 is 0 Å². The maximum atomic E-state index is 2.78. The Bertz CT molecular complexity index is 395. The summed E-state index contributed by atoms with van der Waals surface area (Å²) in [5, 5.41) is 0. The zero-order valence-electron chi connectivity index (χ0n) is 22.9. The Kier molecular flexibility index (Phi) is 18.9. The van der Waals surface area contributed by atoms with E-state index in [2.05, 4.69) is 54.3 Å². The van der Waals surface area contributed by atoms with Crippen LogP contribution in [-0.2, 0) is 0 Å². The molecule has 1 aliphatic rings. The molecule has 0 aromatic heterocycles. The topological polar surface area (TPSA) is 13.0 Å². The molecule has 0 spiro atoms. The minimum atomic E-state index is 0.832. The molecule has 0 aliphatic carbocycles. The highest BCUT2D eigenvalue weighted by Gasteiger charge is 2.16. The molecule has 0 aromatic rings. The molecule has 4 nitrogen and oxygen atoms in total. The number of nitrogens with zero attached hydrogens (tertiary/aromatic N) is 4. The van der Waals surface area contributed by atoms with Crippen molar-refractivity contribution in [1.82, 2.24) is 19.6 Å². The minimum absolute atomic E-state index is 0.832. The summed E-state index contributed by atoms with van der Waals surface area (Å²) in [6, 6.07) is 0. The van der Waals surface area contributed by atoms with Crippen LogP contribution in [0.25, 0.3) is 0 Å². The van der Waals surface area contributed by atoms with Crippen LogP contribution in [0.5, 0.6) is 0 Å². The molecular formula is C28H60N4. The second-order valence-corrected chi connectivity index (χ2v) is 10.6. The minimum Gasteiger partial charge on any atom is -0.304 e. The Morgan fingerprint density at radius 2 is 1.25 bits per heavy atom. The van der Waals surface area contributed by atoms with Crippen LogP contribution >= 0.6 is 0 Å². The van der Waals surface area contributed by atoms with Gasteiger partial charge in [0, 0.05) is 58.9 Å². The van der Waals surface area contributed by atoms with Crippen LogP contribution in [0.3, 0.4) is 0 Å². The lowest BCUT2D eigenvalue weighted by Crippen LogP contribution is -2.48. The number of likely N-dealkylation sites (N-methyl/N-ethyl adjacent to an activating group) is 2. The van der Waals surface area contributed by atoms with E-state index in [1.807, 2.05) is 0 Å². The molecule has 1 saturated heterocycles. The highest BCUT2D eigenvalue weighted by Crippen LogP contribution is 2.12. The third-order valence-corrected chi connectivity index (χ3v) is 7.44. The van der Waals surface area contributed by atoms with Crippen LogP contribution in [0.2, 0.25) is 0 Å². The van der Waals surface area contributed by atoms with E-state index in [-0.39, 0.29) is 0 Å². The van der Waals surface area contributed by atoms with E-state index in [4.69, 9.17) is 0 Å². The van der Waals surface area contributed by atoms with Gasteiger partial charge < -0.3 is 14.7 Å². The van der Waals surface area contributed by atoms with Crippen LogP contribution in [0.1, 0.15) is 98.3 Å². The molecule has 1 atom stereocenters. The number of hydrogen-bond donors (Lipinski definition) is 0. The Hall–Kier alpha value is -0.160. The smallest absolute Gasteiger partial charge is 0.0110 e. The molecule has 192 valence electrons. The molecule has 1 fully saturated rings. The molecule has 1 heterocycles. The van der Waals surface area contributed by atoms with Crippen LogP contribution in [0.15, 0.2) is 0 Å². The lowest BCUT2D eigenvalue weighted by atomic mass is 10.0. The van der Waals surface area contributed by atoms with Crippen LogP contribution in [-0.4, -0.2) is 98.6 Å². The van der Waals surface area contributed by atoms with E-state index in [0.717, 1.165) is 5.92 Å². The van der Waals surface area contributed by atoms with Crippen molar-refractivity contribution in [3.05, 3.63) is 0 Å². The van der Waals surface area contributed by atoms with Gasteiger partial charge in [0.05, 0.1) is 0 Å². The Morgan fingerprint density at radius 1 is 0.656 bits per heavy atom. The monoisotopic (exact) mass is 452 g/mol. The van der Waals surface area contributed by atoms with Gasteiger partial charge in [0.25, 0.3) is 0 Å². The molecule has 1 rings (SSSR count). The summed E-state index contributed by atoms with van der Waals surface area (Å²) < 4.78 is 0. The zero-order valence-corrected chi connectivity index (χ0v) is 22.9. The molecular weight excluding hydrogens is 392 g/mol. The van der Waals surface area contributed by atoms with Crippen molar-refractivity contribution in [2.75, 3.05) is 79.0 Å². The largest absolute Gasteiger partial charge is 0.304 e. The summed E-state index contributed by atoms with van der Waals surface area (Å²) in [6.07, 6.45) is 15.5. The van der Waals surface area contributed by atoms with E-state index < -0.39 is 0 Å². The predicted octanol–water partition coefficient (Wildman–Crippen LogP) is 5.82.